The van der Waals surface area contributed by atoms with Crippen LogP contribution in [0.4, 0.5) is 0 Å². The van der Waals surface area contributed by atoms with Gasteiger partial charge in [-0.15, -0.1) is 0 Å². The number of hydrogen-bond acceptors (Lipinski definition) is 3. The molecule has 0 aliphatic rings. The molecular formula is C15H13ClO3. The van der Waals surface area contributed by atoms with E-state index in [2.05, 4.69) is 0 Å². The van der Waals surface area contributed by atoms with Crippen LogP contribution in [0.5, 0.6) is 11.5 Å². The minimum Gasteiger partial charge on any atom is -0.493 e. The molecule has 0 N–H and O–H groups in total. The van der Waals surface area contributed by atoms with Crippen LogP contribution in [0.2, 0.25) is 5.02 Å². The second-order valence-corrected chi connectivity index (χ2v) is 4.36. The first kappa shape index (κ1) is 13.4. The maximum atomic E-state index is 11.1. The molecule has 98 valence electrons. The summed E-state index contributed by atoms with van der Waals surface area (Å²) in [6.45, 7) is 0. The standard InChI is InChI=1S/C15H13ClO3/c1-18-14-6-4-10(7-15(14)19-2)13-8-12(16)5-3-11(13)9-17/h3-9H,1-2H3. The number of aldehydes is 1. The predicted molar refractivity (Wildman–Crippen MR) is 75.4 cm³/mol. The van der Waals surface area contributed by atoms with E-state index in [0.29, 0.717) is 22.1 Å². The third-order valence-corrected chi connectivity index (χ3v) is 3.07. The highest BCUT2D eigenvalue weighted by atomic mass is 35.5. The molecule has 19 heavy (non-hydrogen) atoms. The SMILES string of the molecule is COc1ccc(-c2cc(Cl)ccc2C=O)cc1OC. The molecule has 0 amide bonds. The molecule has 2 aromatic rings. The second-order valence-electron chi connectivity index (χ2n) is 3.92. The number of methoxy groups -OCH3 is 2. The van der Waals surface area contributed by atoms with E-state index < -0.39 is 0 Å². The van der Waals surface area contributed by atoms with E-state index in [1.165, 1.54) is 0 Å². The van der Waals surface area contributed by atoms with E-state index in [1.807, 2.05) is 12.1 Å². The minimum absolute atomic E-state index is 0.579. The van der Waals surface area contributed by atoms with Crippen molar-refractivity contribution >= 4 is 17.9 Å². The summed E-state index contributed by atoms with van der Waals surface area (Å²) in [5.74, 6) is 1.25. The molecule has 0 heterocycles. The Morgan fingerprint density at radius 2 is 1.74 bits per heavy atom. The van der Waals surface area contributed by atoms with Gasteiger partial charge in [-0.2, -0.15) is 0 Å². The van der Waals surface area contributed by atoms with Crippen LogP contribution in [0.15, 0.2) is 36.4 Å². The van der Waals surface area contributed by atoms with Crippen LogP contribution in [0, 0.1) is 0 Å². The first-order valence-electron chi connectivity index (χ1n) is 5.66. The van der Waals surface area contributed by atoms with Crippen molar-refractivity contribution in [2.24, 2.45) is 0 Å². The van der Waals surface area contributed by atoms with Gasteiger partial charge in [0.1, 0.15) is 0 Å². The van der Waals surface area contributed by atoms with E-state index in [4.69, 9.17) is 21.1 Å². The monoisotopic (exact) mass is 276 g/mol. The van der Waals surface area contributed by atoms with E-state index >= 15 is 0 Å². The summed E-state index contributed by atoms with van der Waals surface area (Å²) < 4.78 is 10.4. The fraction of sp³-hybridized carbons (Fsp3) is 0.133. The average molecular weight is 277 g/mol. The van der Waals surface area contributed by atoms with Gasteiger partial charge in [-0.05, 0) is 41.5 Å². The molecule has 2 rings (SSSR count). The van der Waals surface area contributed by atoms with Gasteiger partial charge in [-0.3, -0.25) is 4.79 Å². The summed E-state index contributed by atoms with van der Waals surface area (Å²) in [6.07, 6.45) is 0.808. The van der Waals surface area contributed by atoms with Crippen molar-refractivity contribution in [1.82, 2.24) is 0 Å². The van der Waals surface area contributed by atoms with Gasteiger partial charge in [0.15, 0.2) is 17.8 Å². The Morgan fingerprint density at radius 3 is 2.37 bits per heavy atom. The maximum absolute atomic E-state index is 11.1. The molecule has 0 aliphatic heterocycles. The smallest absolute Gasteiger partial charge is 0.161 e. The summed E-state index contributed by atoms with van der Waals surface area (Å²) >= 11 is 5.98. The topological polar surface area (TPSA) is 35.5 Å². The third-order valence-electron chi connectivity index (χ3n) is 2.84. The van der Waals surface area contributed by atoms with Gasteiger partial charge >= 0.3 is 0 Å². The van der Waals surface area contributed by atoms with Gasteiger partial charge in [0.2, 0.25) is 0 Å². The Labute approximate surface area is 116 Å². The van der Waals surface area contributed by atoms with Gasteiger partial charge in [0.05, 0.1) is 14.2 Å². The molecule has 4 heteroatoms. The molecule has 0 spiro atoms. The number of ether oxygens (including phenoxy) is 2. The predicted octanol–water partition coefficient (Wildman–Crippen LogP) is 3.84. The lowest BCUT2D eigenvalue weighted by Crippen LogP contribution is -1.92. The molecule has 0 bridgehead atoms. The summed E-state index contributed by atoms with van der Waals surface area (Å²) in [7, 11) is 3.15. The molecule has 3 nitrogen and oxygen atoms in total. The zero-order chi connectivity index (χ0) is 13.8. The molecule has 0 aromatic heterocycles. The number of carbonyl (C=O) groups excluding carboxylic acids is 1. The summed E-state index contributed by atoms with van der Waals surface area (Å²) in [5.41, 5.74) is 2.20. The van der Waals surface area contributed by atoms with Gasteiger partial charge in [-0.25, -0.2) is 0 Å². The van der Waals surface area contributed by atoms with Crippen molar-refractivity contribution in [1.29, 1.82) is 0 Å². The Bertz CT molecular complexity index is 608. The number of carbonyl (C=O) groups is 1. The van der Waals surface area contributed by atoms with Crippen molar-refractivity contribution in [3.8, 4) is 22.6 Å². The van der Waals surface area contributed by atoms with Crippen LogP contribution in [-0.4, -0.2) is 20.5 Å². The number of benzene rings is 2. The molecule has 0 fully saturated rings. The molecule has 2 aromatic carbocycles. The normalized spacial score (nSPS) is 10.1. The number of hydrogen-bond donors (Lipinski definition) is 0. The Kier molecular flexibility index (Phi) is 4.07. The Morgan fingerprint density at radius 1 is 1.00 bits per heavy atom. The third kappa shape index (κ3) is 2.71. The van der Waals surface area contributed by atoms with Crippen LogP contribution in [-0.2, 0) is 0 Å². The van der Waals surface area contributed by atoms with Gasteiger partial charge in [-0.1, -0.05) is 17.7 Å². The molecule has 0 atom stereocenters. The molecule has 0 unspecified atom stereocenters. The fourth-order valence-corrected chi connectivity index (χ4v) is 2.06. The molecule has 0 saturated carbocycles. The van der Waals surface area contributed by atoms with Crippen LogP contribution in [0.25, 0.3) is 11.1 Å². The minimum atomic E-state index is 0.579. The quantitative estimate of drug-likeness (QED) is 0.796. The lowest BCUT2D eigenvalue weighted by atomic mass is 10.00. The van der Waals surface area contributed by atoms with Gasteiger partial charge in [0, 0.05) is 10.6 Å². The summed E-state index contributed by atoms with van der Waals surface area (Å²) in [5, 5.41) is 0.579. The maximum Gasteiger partial charge on any atom is 0.161 e. The number of rotatable bonds is 4. The van der Waals surface area contributed by atoms with Crippen molar-refractivity contribution < 1.29 is 14.3 Å². The van der Waals surface area contributed by atoms with Crippen molar-refractivity contribution in [3.05, 3.63) is 47.0 Å². The lowest BCUT2D eigenvalue weighted by Gasteiger charge is -2.11. The molecule has 0 radical (unpaired) electrons. The second kappa shape index (κ2) is 5.76. The Balaban J connectivity index is 2.58. The van der Waals surface area contributed by atoms with Crippen molar-refractivity contribution in [2.75, 3.05) is 14.2 Å². The lowest BCUT2D eigenvalue weighted by molar-refractivity contribution is 0.112. The molecular weight excluding hydrogens is 264 g/mol. The highest BCUT2D eigenvalue weighted by molar-refractivity contribution is 6.31. The van der Waals surface area contributed by atoms with Crippen molar-refractivity contribution in [2.45, 2.75) is 0 Å². The van der Waals surface area contributed by atoms with Gasteiger partial charge < -0.3 is 9.47 Å². The van der Waals surface area contributed by atoms with Gasteiger partial charge in [0.25, 0.3) is 0 Å². The van der Waals surface area contributed by atoms with E-state index in [9.17, 15) is 4.79 Å². The summed E-state index contributed by atoms with van der Waals surface area (Å²) in [6, 6.07) is 10.6. The van der Waals surface area contributed by atoms with E-state index in [-0.39, 0.29) is 0 Å². The first-order valence-corrected chi connectivity index (χ1v) is 6.04. The van der Waals surface area contributed by atoms with Crippen LogP contribution in [0.3, 0.4) is 0 Å². The molecule has 0 aliphatic carbocycles. The first-order chi connectivity index (χ1) is 9.19. The number of halogens is 1. The van der Waals surface area contributed by atoms with Crippen LogP contribution < -0.4 is 9.47 Å². The molecule has 0 saturated heterocycles. The Hall–Kier alpha value is -2.00. The fourth-order valence-electron chi connectivity index (χ4n) is 1.89. The van der Waals surface area contributed by atoms with E-state index in [0.717, 1.165) is 17.4 Å². The summed E-state index contributed by atoms with van der Waals surface area (Å²) in [4.78, 5) is 11.1. The highest BCUT2D eigenvalue weighted by Crippen LogP contribution is 2.34. The highest BCUT2D eigenvalue weighted by Gasteiger charge is 2.09. The van der Waals surface area contributed by atoms with Crippen molar-refractivity contribution in [3.63, 3.8) is 0 Å². The van der Waals surface area contributed by atoms with Crippen LogP contribution in [0.1, 0.15) is 10.4 Å². The largest absolute Gasteiger partial charge is 0.493 e. The van der Waals surface area contributed by atoms with Crippen LogP contribution >= 0.6 is 11.6 Å². The van der Waals surface area contributed by atoms with E-state index in [1.54, 1.807) is 38.5 Å². The average Bonchev–Trinajstić information content (AvgIpc) is 2.46. The zero-order valence-electron chi connectivity index (χ0n) is 10.6. The zero-order valence-corrected chi connectivity index (χ0v) is 11.4.